The second kappa shape index (κ2) is 14.5. The highest BCUT2D eigenvalue weighted by molar-refractivity contribution is 5.92. The Morgan fingerprint density at radius 1 is 1.19 bits per heavy atom. The lowest BCUT2D eigenvalue weighted by atomic mass is 9.76. The van der Waals surface area contributed by atoms with Gasteiger partial charge in [-0.1, -0.05) is 72.4 Å². The van der Waals surface area contributed by atoms with Gasteiger partial charge in [-0.2, -0.15) is 0 Å². The number of allylic oxidation sites excluding steroid dienone is 7. The molecule has 42 heavy (non-hydrogen) atoms. The number of hydrogen-bond acceptors (Lipinski definition) is 2. The molecule has 1 aromatic carbocycles. The van der Waals surface area contributed by atoms with Gasteiger partial charge in [0.1, 0.15) is 0 Å². The van der Waals surface area contributed by atoms with Crippen molar-refractivity contribution in [3.63, 3.8) is 0 Å². The van der Waals surface area contributed by atoms with Crippen LogP contribution in [0, 0.1) is 24.7 Å². The maximum atomic E-state index is 5.54. The number of nitrogens with zero attached hydrogens (tertiary/aromatic N) is 1. The molecule has 2 nitrogen and oxygen atoms in total. The standard InChI is InChI=1S/C40H56N2/c1-14-18-26(9)30(16-3)35(32(19-15-2)25(7)8)22-27(10)40-31(17-4)38-36(41-13)21-20-33-29(12)34(28(11)24(5)6)23-37(42-40)39(33)38/h15,18,22-24,26,28,30,36,41H,1-2,7,16-17,19-21H2,3-6,8-13H3/b27-22+,35-32+. The van der Waals surface area contributed by atoms with Crippen LogP contribution < -0.4 is 5.32 Å². The molecule has 1 aliphatic rings. The molecule has 0 aliphatic heterocycles. The van der Waals surface area contributed by atoms with Gasteiger partial charge in [-0.05, 0) is 140 Å². The lowest BCUT2D eigenvalue weighted by Crippen LogP contribution is -2.24. The fourth-order valence-electron chi connectivity index (χ4n) is 7.21. The molecular weight excluding hydrogens is 508 g/mol. The maximum absolute atomic E-state index is 5.54. The van der Waals surface area contributed by atoms with Crippen molar-refractivity contribution in [2.45, 2.75) is 106 Å². The van der Waals surface area contributed by atoms with Gasteiger partial charge in [-0.3, -0.25) is 0 Å². The zero-order valence-corrected chi connectivity index (χ0v) is 28.3. The van der Waals surface area contributed by atoms with Gasteiger partial charge in [0.05, 0.1) is 11.2 Å². The van der Waals surface area contributed by atoms with E-state index in [4.69, 9.17) is 4.98 Å². The Labute approximate surface area is 257 Å². The van der Waals surface area contributed by atoms with Crippen LogP contribution in [0.2, 0.25) is 0 Å². The number of rotatable bonds is 13. The fourth-order valence-corrected chi connectivity index (χ4v) is 7.21. The van der Waals surface area contributed by atoms with Gasteiger partial charge in [-0.15, -0.1) is 12.3 Å². The van der Waals surface area contributed by atoms with E-state index in [0.717, 1.165) is 48.9 Å². The van der Waals surface area contributed by atoms with Crippen LogP contribution in [0.25, 0.3) is 16.5 Å². The summed E-state index contributed by atoms with van der Waals surface area (Å²) in [5.41, 5.74) is 17.6. The average Bonchev–Trinajstić information content (AvgIpc) is 2.96. The van der Waals surface area contributed by atoms with E-state index in [1.807, 2.05) is 6.08 Å². The average molecular weight is 565 g/mol. The number of hydrogen-bond donors (Lipinski definition) is 1. The third kappa shape index (κ3) is 6.51. The van der Waals surface area contributed by atoms with Crippen LogP contribution in [0.1, 0.15) is 120 Å². The molecule has 1 N–H and O–H groups in total. The van der Waals surface area contributed by atoms with E-state index in [9.17, 15) is 0 Å². The summed E-state index contributed by atoms with van der Waals surface area (Å²) < 4.78 is 0. The van der Waals surface area contributed by atoms with E-state index < -0.39 is 0 Å². The minimum Gasteiger partial charge on any atom is -0.313 e. The van der Waals surface area contributed by atoms with Gasteiger partial charge < -0.3 is 5.32 Å². The van der Waals surface area contributed by atoms with Crippen molar-refractivity contribution in [2.24, 2.45) is 17.8 Å². The Morgan fingerprint density at radius 3 is 2.40 bits per heavy atom. The molecule has 3 rings (SSSR count). The highest BCUT2D eigenvalue weighted by Crippen LogP contribution is 2.44. The Balaban J connectivity index is 2.46. The highest BCUT2D eigenvalue weighted by Gasteiger charge is 2.30. The summed E-state index contributed by atoms with van der Waals surface area (Å²) in [6.07, 6.45) is 11.5. The van der Waals surface area contributed by atoms with Crippen LogP contribution in [0.5, 0.6) is 0 Å². The van der Waals surface area contributed by atoms with Crippen LogP contribution in [0.4, 0.5) is 0 Å². The monoisotopic (exact) mass is 564 g/mol. The summed E-state index contributed by atoms with van der Waals surface area (Å²) >= 11 is 0. The van der Waals surface area contributed by atoms with Gasteiger partial charge in [-0.25, -0.2) is 4.98 Å². The van der Waals surface area contributed by atoms with E-state index in [-0.39, 0.29) is 0 Å². The first kappa shape index (κ1) is 33.6. The first-order valence-electron chi connectivity index (χ1n) is 16.2. The fraction of sp³-hybridized carbons (Fsp3) is 0.500. The molecule has 0 amide bonds. The maximum Gasteiger partial charge on any atom is 0.0718 e. The molecule has 0 spiro atoms. The van der Waals surface area contributed by atoms with Crippen LogP contribution in [-0.4, -0.2) is 12.0 Å². The first-order chi connectivity index (χ1) is 20.0. The second-order valence-electron chi connectivity index (χ2n) is 12.9. The number of aromatic nitrogens is 1. The first-order valence-corrected chi connectivity index (χ1v) is 16.2. The van der Waals surface area contributed by atoms with Gasteiger partial charge in [0.15, 0.2) is 0 Å². The van der Waals surface area contributed by atoms with Crippen molar-refractivity contribution < 1.29 is 0 Å². The van der Waals surface area contributed by atoms with E-state index in [2.05, 4.69) is 118 Å². The molecular formula is C40H56N2. The minimum atomic E-state index is 0.307. The van der Waals surface area contributed by atoms with Gasteiger partial charge >= 0.3 is 0 Å². The lowest BCUT2D eigenvalue weighted by molar-refractivity contribution is 0.476. The Hall–Kier alpha value is -2.93. The third-order valence-corrected chi connectivity index (χ3v) is 9.88. The smallest absolute Gasteiger partial charge is 0.0718 e. The summed E-state index contributed by atoms with van der Waals surface area (Å²) in [5, 5.41) is 5.07. The van der Waals surface area contributed by atoms with Crippen LogP contribution in [-0.2, 0) is 12.8 Å². The SMILES string of the molecule is C=C=CC(C)C(CC)C(/C=C(\C)c1nc2cc(C(C)C(C)C)c(C)c3c2c(c1CC)C(NC)CC3)=C(\CC=C)C(=C)C. The van der Waals surface area contributed by atoms with Gasteiger partial charge in [0, 0.05) is 11.4 Å². The molecule has 0 saturated carbocycles. The molecule has 0 saturated heterocycles. The van der Waals surface area contributed by atoms with Crippen molar-refractivity contribution in [3.05, 3.63) is 100.0 Å². The predicted molar refractivity (Wildman–Crippen MR) is 186 cm³/mol. The summed E-state index contributed by atoms with van der Waals surface area (Å²) in [6.45, 7) is 32.9. The van der Waals surface area contributed by atoms with Crippen molar-refractivity contribution in [1.29, 1.82) is 0 Å². The molecule has 1 heterocycles. The molecule has 0 bridgehead atoms. The van der Waals surface area contributed by atoms with Crippen LogP contribution >= 0.6 is 0 Å². The Kier molecular flexibility index (Phi) is 11.6. The molecule has 2 heteroatoms. The highest BCUT2D eigenvalue weighted by atomic mass is 14.9. The number of pyridine rings is 1. The van der Waals surface area contributed by atoms with Gasteiger partial charge in [0.2, 0.25) is 0 Å². The topological polar surface area (TPSA) is 24.9 Å². The van der Waals surface area contributed by atoms with E-state index in [0.29, 0.717) is 29.7 Å². The van der Waals surface area contributed by atoms with Crippen molar-refractivity contribution >= 4 is 16.5 Å². The van der Waals surface area contributed by atoms with E-state index >= 15 is 0 Å². The summed E-state index contributed by atoms with van der Waals surface area (Å²) in [7, 11) is 2.11. The molecule has 0 radical (unpaired) electrons. The summed E-state index contributed by atoms with van der Waals surface area (Å²) in [4.78, 5) is 5.54. The summed E-state index contributed by atoms with van der Waals surface area (Å²) in [5.74, 6) is 1.69. The number of aryl methyl sites for hydroxylation is 1. The number of benzene rings is 1. The van der Waals surface area contributed by atoms with Crippen LogP contribution in [0.15, 0.2) is 66.5 Å². The minimum absolute atomic E-state index is 0.307. The quantitative estimate of drug-likeness (QED) is 0.149. The van der Waals surface area contributed by atoms with Gasteiger partial charge in [0.25, 0.3) is 0 Å². The molecule has 1 aliphatic carbocycles. The third-order valence-electron chi connectivity index (χ3n) is 9.88. The summed E-state index contributed by atoms with van der Waals surface area (Å²) in [6, 6.07) is 2.75. The Bertz CT molecular complexity index is 1440. The molecule has 4 unspecified atom stereocenters. The number of nitrogens with one attached hydrogen (secondary N) is 1. The molecule has 1 aromatic heterocycles. The van der Waals surface area contributed by atoms with E-state index in [1.54, 1.807) is 0 Å². The van der Waals surface area contributed by atoms with E-state index in [1.165, 1.54) is 49.9 Å². The molecule has 226 valence electrons. The van der Waals surface area contributed by atoms with Crippen molar-refractivity contribution in [1.82, 2.24) is 10.3 Å². The molecule has 2 aromatic rings. The lowest BCUT2D eigenvalue weighted by Gasteiger charge is -2.32. The second-order valence-corrected chi connectivity index (χ2v) is 12.9. The van der Waals surface area contributed by atoms with Crippen molar-refractivity contribution in [2.75, 3.05) is 7.05 Å². The normalized spacial score (nSPS) is 17.9. The molecule has 4 atom stereocenters. The molecule has 0 fully saturated rings. The zero-order valence-electron chi connectivity index (χ0n) is 28.3. The Morgan fingerprint density at radius 2 is 1.88 bits per heavy atom. The largest absolute Gasteiger partial charge is 0.313 e. The van der Waals surface area contributed by atoms with Crippen molar-refractivity contribution in [3.8, 4) is 0 Å². The van der Waals surface area contributed by atoms with Crippen LogP contribution in [0.3, 0.4) is 0 Å². The zero-order chi connectivity index (χ0) is 31.3. The predicted octanol–water partition coefficient (Wildman–Crippen LogP) is 10.9.